The summed E-state index contributed by atoms with van der Waals surface area (Å²) in [5.74, 6) is 0.0350. The average Bonchev–Trinajstić information content (AvgIpc) is 3.04. The Hall–Kier alpha value is -2.30. The van der Waals surface area contributed by atoms with Gasteiger partial charge in [-0.15, -0.1) is 0 Å². The normalized spacial score (nSPS) is 19.4. The Kier molecular flexibility index (Phi) is 5.18. The van der Waals surface area contributed by atoms with E-state index in [4.69, 9.17) is 9.57 Å². The van der Waals surface area contributed by atoms with Crippen LogP contribution < -0.4 is 0 Å². The van der Waals surface area contributed by atoms with Crippen LogP contribution in [0.2, 0.25) is 0 Å². The highest BCUT2D eigenvalue weighted by Gasteiger charge is 2.43. The molecule has 0 bridgehead atoms. The molecule has 1 spiro atoms. The Labute approximate surface area is 142 Å². The molecule has 5 nitrogen and oxygen atoms in total. The molecule has 1 aromatic carbocycles. The monoisotopic (exact) mass is 328 g/mol. The van der Waals surface area contributed by atoms with Crippen molar-refractivity contribution >= 4 is 11.6 Å². The number of hydrogen-bond acceptors (Lipinski definition) is 4. The maximum absolute atomic E-state index is 12.1. The maximum Gasteiger partial charge on any atom is 0.260 e. The Morgan fingerprint density at radius 3 is 2.79 bits per heavy atom. The van der Waals surface area contributed by atoms with Gasteiger partial charge in [0.2, 0.25) is 0 Å². The van der Waals surface area contributed by atoms with Crippen molar-refractivity contribution in [2.45, 2.75) is 38.2 Å². The molecule has 5 heteroatoms. The molecule has 2 aliphatic heterocycles. The second kappa shape index (κ2) is 7.51. The fraction of sp³-hybridized carbons (Fsp3) is 0.474. The average molecular weight is 328 g/mol. The lowest BCUT2D eigenvalue weighted by molar-refractivity contribution is -0.140. The van der Waals surface area contributed by atoms with Crippen LogP contribution in [0.4, 0.5) is 0 Å². The third-order valence-electron chi connectivity index (χ3n) is 4.61. The van der Waals surface area contributed by atoms with Crippen molar-refractivity contribution in [3.8, 4) is 0 Å². The lowest BCUT2D eigenvalue weighted by atomic mass is 9.85. The summed E-state index contributed by atoms with van der Waals surface area (Å²) < 4.78 is 5.26. The third-order valence-corrected chi connectivity index (χ3v) is 4.61. The van der Waals surface area contributed by atoms with Crippen molar-refractivity contribution in [2.75, 3.05) is 19.7 Å². The quantitative estimate of drug-likeness (QED) is 0.780. The van der Waals surface area contributed by atoms with Gasteiger partial charge in [-0.3, -0.25) is 4.79 Å². The van der Waals surface area contributed by atoms with Crippen LogP contribution in [0.15, 0.2) is 47.8 Å². The maximum atomic E-state index is 12.1. The van der Waals surface area contributed by atoms with E-state index in [2.05, 4.69) is 17.3 Å². The number of allylic oxidation sites excluding steroid dienone is 1. The predicted octanol–water partition coefficient (Wildman–Crippen LogP) is 3.11. The van der Waals surface area contributed by atoms with E-state index in [1.807, 2.05) is 36.1 Å². The van der Waals surface area contributed by atoms with Gasteiger partial charge in [-0.25, -0.2) is 0 Å². The van der Waals surface area contributed by atoms with Crippen LogP contribution in [-0.4, -0.2) is 41.8 Å². The molecule has 0 aliphatic carbocycles. The molecule has 0 unspecified atom stereocenters. The van der Waals surface area contributed by atoms with Crippen molar-refractivity contribution in [3.05, 3.63) is 48.2 Å². The fourth-order valence-electron chi connectivity index (χ4n) is 3.11. The van der Waals surface area contributed by atoms with Crippen molar-refractivity contribution < 1.29 is 14.4 Å². The number of ether oxygens (including phenoxy) is 1. The molecule has 1 fully saturated rings. The summed E-state index contributed by atoms with van der Waals surface area (Å²) in [4.78, 5) is 19.8. The van der Waals surface area contributed by atoms with Crippen molar-refractivity contribution in [1.82, 2.24) is 4.90 Å². The highest BCUT2D eigenvalue weighted by molar-refractivity contribution is 6.01. The van der Waals surface area contributed by atoms with Crippen LogP contribution in [0.1, 0.15) is 38.2 Å². The summed E-state index contributed by atoms with van der Waals surface area (Å²) in [6.07, 6.45) is 6.83. The second-order valence-electron chi connectivity index (χ2n) is 6.33. The number of likely N-dealkylation sites (tertiary alicyclic amines) is 1. The Morgan fingerprint density at radius 2 is 2.08 bits per heavy atom. The van der Waals surface area contributed by atoms with Crippen molar-refractivity contribution in [1.29, 1.82) is 0 Å². The molecule has 1 saturated heterocycles. The zero-order chi connectivity index (χ0) is 16.8. The SMILES string of the molecule is CCC=COCC(=O)N1CCC2(CC1)CC(c1ccccc1)=NO2. The number of nitrogens with zero attached hydrogens (tertiary/aromatic N) is 2. The number of benzene rings is 1. The first kappa shape index (κ1) is 16.6. The zero-order valence-corrected chi connectivity index (χ0v) is 14.1. The van der Waals surface area contributed by atoms with E-state index in [1.54, 1.807) is 6.26 Å². The lowest BCUT2D eigenvalue weighted by Gasteiger charge is -2.37. The van der Waals surface area contributed by atoms with E-state index >= 15 is 0 Å². The minimum absolute atomic E-state index is 0.0350. The number of carbonyl (C=O) groups is 1. The van der Waals surface area contributed by atoms with Crippen LogP contribution in [0.3, 0.4) is 0 Å². The Morgan fingerprint density at radius 1 is 1.33 bits per heavy atom. The standard InChI is InChI=1S/C19H24N2O3/c1-2-3-13-23-15-18(22)21-11-9-19(10-12-21)14-17(20-24-19)16-7-5-4-6-8-16/h3-8,13H,2,9-12,14-15H2,1H3. The van der Waals surface area contributed by atoms with E-state index in [1.165, 1.54) is 0 Å². The van der Waals surface area contributed by atoms with Gasteiger partial charge in [-0.2, -0.15) is 0 Å². The Bertz CT molecular complexity index is 617. The number of hydrogen-bond donors (Lipinski definition) is 0. The van der Waals surface area contributed by atoms with Crippen LogP contribution in [0, 0.1) is 0 Å². The van der Waals surface area contributed by atoms with Gasteiger partial charge < -0.3 is 14.5 Å². The molecule has 0 N–H and O–H groups in total. The van der Waals surface area contributed by atoms with Gasteiger partial charge in [0.05, 0.1) is 12.0 Å². The molecule has 1 aromatic rings. The van der Waals surface area contributed by atoms with Gasteiger partial charge >= 0.3 is 0 Å². The minimum Gasteiger partial charge on any atom is -0.492 e. The largest absolute Gasteiger partial charge is 0.492 e. The van der Waals surface area contributed by atoms with E-state index in [-0.39, 0.29) is 18.1 Å². The van der Waals surface area contributed by atoms with Crippen molar-refractivity contribution in [3.63, 3.8) is 0 Å². The minimum atomic E-state index is -0.245. The summed E-state index contributed by atoms with van der Waals surface area (Å²) in [5, 5.41) is 4.30. The van der Waals surface area contributed by atoms with Crippen LogP contribution in [0.25, 0.3) is 0 Å². The highest BCUT2D eigenvalue weighted by Crippen LogP contribution is 2.36. The molecule has 0 aromatic heterocycles. The highest BCUT2D eigenvalue weighted by atomic mass is 16.7. The molecule has 1 amide bonds. The van der Waals surface area contributed by atoms with Crippen LogP contribution in [-0.2, 0) is 14.4 Å². The number of amides is 1. The van der Waals surface area contributed by atoms with Gasteiger partial charge in [0.1, 0.15) is 5.60 Å². The summed E-state index contributed by atoms with van der Waals surface area (Å²) in [6.45, 7) is 3.52. The van der Waals surface area contributed by atoms with Gasteiger partial charge in [-0.1, -0.05) is 48.5 Å². The first-order chi connectivity index (χ1) is 11.7. The predicted molar refractivity (Wildman–Crippen MR) is 92.6 cm³/mol. The molecule has 0 saturated carbocycles. The van der Waals surface area contributed by atoms with E-state index in [0.717, 1.165) is 37.0 Å². The van der Waals surface area contributed by atoms with Gasteiger partial charge in [0.25, 0.3) is 5.91 Å². The van der Waals surface area contributed by atoms with Gasteiger partial charge in [0.15, 0.2) is 6.61 Å². The first-order valence-corrected chi connectivity index (χ1v) is 8.57. The molecule has 2 heterocycles. The van der Waals surface area contributed by atoms with Gasteiger partial charge in [0, 0.05) is 32.4 Å². The van der Waals surface area contributed by atoms with E-state index in [0.29, 0.717) is 13.1 Å². The summed E-state index contributed by atoms with van der Waals surface area (Å²) in [6, 6.07) is 10.1. The number of piperidine rings is 1. The summed E-state index contributed by atoms with van der Waals surface area (Å²) >= 11 is 0. The smallest absolute Gasteiger partial charge is 0.260 e. The second-order valence-corrected chi connectivity index (χ2v) is 6.33. The number of carbonyl (C=O) groups excluding carboxylic acids is 1. The summed E-state index contributed by atoms with van der Waals surface area (Å²) in [5.41, 5.74) is 1.87. The molecule has 0 atom stereocenters. The molecular formula is C19H24N2O3. The van der Waals surface area contributed by atoms with E-state index < -0.39 is 0 Å². The van der Waals surface area contributed by atoms with E-state index in [9.17, 15) is 4.79 Å². The molecule has 2 aliphatic rings. The van der Waals surface area contributed by atoms with Crippen LogP contribution in [0.5, 0.6) is 0 Å². The number of oxime groups is 1. The fourth-order valence-corrected chi connectivity index (χ4v) is 3.11. The summed E-state index contributed by atoms with van der Waals surface area (Å²) in [7, 11) is 0. The molecule has 3 rings (SSSR count). The lowest BCUT2D eigenvalue weighted by Crippen LogP contribution is -2.47. The van der Waals surface area contributed by atoms with Crippen LogP contribution >= 0.6 is 0 Å². The topological polar surface area (TPSA) is 51.1 Å². The third kappa shape index (κ3) is 3.78. The molecular weight excluding hydrogens is 304 g/mol. The Balaban J connectivity index is 1.49. The first-order valence-electron chi connectivity index (χ1n) is 8.57. The molecule has 128 valence electrons. The van der Waals surface area contributed by atoms with Gasteiger partial charge in [-0.05, 0) is 12.0 Å². The number of rotatable bonds is 5. The molecule has 24 heavy (non-hydrogen) atoms. The van der Waals surface area contributed by atoms with Crippen molar-refractivity contribution in [2.24, 2.45) is 5.16 Å². The zero-order valence-electron chi connectivity index (χ0n) is 14.1. The molecule has 0 radical (unpaired) electrons.